The van der Waals surface area contributed by atoms with Gasteiger partial charge in [-0.05, 0) is 79.1 Å². The number of ether oxygens (including phenoxy) is 1. The van der Waals surface area contributed by atoms with Crippen molar-refractivity contribution in [1.29, 1.82) is 0 Å². The van der Waals surface area contributed by atoms with Crippen molar-refractivity contribution in [3.63, 3.8) is 0 Å². The number of alkyl halides is 3. The van der Waals surface area contributed by atoms with Crippen molar-refractivity contribution in [2.45, 2.75) is 26.1 Å². The third-order valence-corrected chi connectivity index (χ3v) is 4.66. The molecule has 2 aromatic carbocycles. The molecule has 1 aromatic heterocycles. The zero-order chi connectivity index (χ0) is 22.8. The number of carbonyl (C=O) groups is 2. The monoisotopic (exact) mass is 432 g/mol. The van der Waals surface area contributed by atoms with Crippen LogP contribution in [0.25, 0.3) is 16.9 Å². The highest BCUT2D eigenvalue weighted by Gasteiger charge is 2.31. The Balaban J connectivity index is 2.07. The summed E-state index contributed by atoms with van der Waals surface area (Å²) in [6.07, 6.45) is -4.65. The van der Waals surface area contributed by atoms with E-state index in [0.717, 1.165) is 5.56 Å². The van der Waals surface area contributed by atoms with Gasteiger partial charge in [-0.15, -0.1) is 13.2 Å². The number of benzene rings is 2. The topological polar surface area (TPSA) is 94.6 Å². The summed E-state index contributed by atoms with van der Waals surface area (Å²) in [5, 5.41) is 9.07. The van der Waals surface area contributed by atoms with Gasteiger partial charge in [0, 0.05) is 16.9 Å². The molecule has 0 spiro atoms. The van der Waals surface area contributed by atoms with E-state index in [1.165, 1.54) is 24.3 Å². The fraction of sp³-hybridized carbons (Fsp3) is 0.182. The molecule has 1 amide bonds. The Kier molecular flexibility index (Phi) is 6.05. The Morgan fingerprint density at radius 2 is 1.74 bits per heavy atom. The average molecular weight is 432 g/mol. The summed E-state index contributed by atoms with van der Waals surface area (Å²) >= 11 is 0. The molecule has 0 unspecified atom stereocenters. The van der Waals surface area contributed by atoms with Crippen LogP contribution in [-0.2, 0) is 11.2 Å². The Morgan fingerprint density at radius 1 is 1.06 bits per heavy atom. The largest absolute Gasteiger partial charge is 0.573 e. The molecule has 0 radical (unpaired) electrons. The number of nitrogens with two attached hydrogens (primary N) is 1. The molecule has 162 valence electrons. The van der Waals surface area contributed by atoms with Crippen LogP contribution < -0.4 is 10.5 Å². The highest BCUT2D eigenvalue weighted by Crippen LogP contribution is 2.31. The zero-order valence-corrected chi connectivity index (χ0v) is 16.4. The second-order valence-electron chi connectivity index (χ2n) is 6.88. The van der Waals surface area contributed by atoms with Gasteiger partial charge < -0.3 is 20.1 Å². The Bertz CT molecular complexity index is 1120. The van der Waals surface area contributed by atoms with Gasteiger partial charge in [0.2, 0.25) is 5.91 Å². The first-order chi connectivity index (χ1) is 14.5. The number of nitrogens with zero attached hydrogens (tertiary/aromatic N) is 1. The average Bonchev–Trinajstić information content (AvgIpc) is 3.09. The lowest BCUT2D eigenvalue weighted by Crippen LogP contribution is -2.17. The number of hydrogen-bond donors (Lipinski definition) is 2. The minimum atomic E-state index is -4.79. The van der Waals surface area contributed by atoms with E-state index >= 15 is 0 Å². The first kappa shape index (κ1) is 21.9. The predicted octanol–water partition coefficient (Wildman–Crippen LogP) is 4.47. The van der Waals surface area contributed by atoms with Crippen LogP contribution in [0.4, 0.5) is 13.2 Å². The number of carboxylic acids is 1. The molecule has 0 saturated heterocycles. The molecule has 3 N–H and O–H groups in total. The Hall–Kier alpha value is -3.75. The van der Waals surface area contributed by atoms with E-state index in [2.05, 4.69) is 4.74 Å². The first-order valence-corrected chi connectivity index (χ1v) is 9.24. The van der Waals surface area contributed by atoms with Crippen LogP contribution in [0.5, 0.6) is 5.75 Å². The number of carboxylic acid groups (broad SMARTS) is 1. The fourth-order valence-electron chi connectivity index (χ4n) is 3.31. The van der Waals surface area contributed by atoms with Crippen LogP contribution in [-0.4, -0.2) is 27.9 Å². The molecule has 0 aliphatic heterocycles. The van der Waals surface area contributed by atoms with Crippen LogP contribution in [0.3, 0.4) is 0 Å². The maximum Gasteiger partial charge on any atom is 0.573 e. The van der Waals surface area contributed by atoms with Gasteiger partial charge in [-0.2, -0.15) is 0 Å². The molecule has 0 aliphatic carbocycles. The minimum absolute atomic E-state index is 0.0970. The van der Waals surface area contributed by atoms with Crippen molar-refractivity contribution in [2.24, 2.45) is 5.73 Å². The van der Waals surface area contributed by atoms with Gasteiger partial charge in [0.25, 0.3) is 0 Å². The molecule has 0 fully saturated rings. The number of rotatable bonds is 7. The molecule has 0 aliphatic rings. The number of aryl methyl sites for hydroxylation is 2. The van der Waals surface area contributed by atoms with Crippen LogP contribution in [0.2, 0.25) is 0 Å². The maximum atomic E-state index is 12.4. The molecule has 9 heteroatoms. The van der Waals surface area contributed by atoms with E-state index in [4.69, 9.17) is 10.8 Å². The molecule has 0 saturated carbocycles. The third kappa shape index (κ3) is 5.25. The fourth-order valence-corrected chi connectivity index (χ4v) is 3.31. The van der Waals surface area contributed by atoms with Crippen molar-refractivity contribution < 1.29 is 32.6 Å². The van der Waals surface area contributed by atoms with Crippen molar-refractivity contribution in [3.8, 4) is 22.7 Å². The second-order valence-corrected chi connectivity index (χ2v) is 6.88. The zero-order valence-electron chi connectivity index (χ0n) is 16.4. The molecule has 6 nitrogen and oxygen atoms in total. The van der Waals surface area contributed by atoms with E-state index in [9.17, 15) is 22.8 Å². The lowest BCUT2D eigenvalue weighted by molar-refractivity contribution is -0.274. The lowest BCUT2D eigenvalue weighted by atomic mass is 10.1. The number of carbonyl (C=O) groups excluding carboxylic acids is 1. The third-order valence-electron chi connectivity index (χ3n) is 4.66. The summed E-state index contributed by atoms with van der Waals surface area (Å²) in [6, 6.07) is 13.8. The van der Waals surface area contributed by atoms with E-state index in [-0.39, 0.29) is 18.6 Å². The van der Waals surface area contributed by atoms with Gasteiger partial charge in [0.15, 0.2) is 0 Å². The molecule has 0 bridgehead atoms. The molecule has 0 atom stereocenters. The Labute approximate surface area is 175 Å². The van der Waals surface area contributed by atoms with E-state index in [1.807, 2.05) is 4.57 Å². The molecule has 1 heterocycles. The smallest absolute Gasteiger partial charge is 0.481 e. The SMILES string of the molecule is Cc1cc(C(N)=O)ccc1-n1c(CCC(=O)O)ccc1-c1ccc(OC(F)(F)F)cc1. The van der Waals surface area contributed by atoms with Gasteiger partial charge >= 0.3 is 12.3 Å². The number of aromatic nitrogens is 1. The van der Waals surface area contributed by atoms with E-state index < -0.39 is 18.2 Å². The second kappa shape index (κ2) is 8.55. The van der Waals surface area contributed by atoms with Crippen molar-refractivity contribution in [1.82, 2.24) is 4.57 Å². The van der Waals surface area contributed by atoms with Crippen molar-refractivity contribution >= 4 is 11.9 Å². The van der Waals surface area contributed by atoms with Crippen molar-refractivity contribution in [3.05, 3.63) is 71.4 Å². The summed E-state index contributed by atoms with van der Waals surface area (Å²) in [7, 11) is 0. The predicted molar refractivity (Wildman–Crippen MR) is 107 cm³/mol. The number of aliphatic carboxylic acids is 1. The minimum Gasteiger partial charge on any atom is -0.481 e. The number of halogens is 3. The quantitative estimate of drug-likeness (QED) is 0.576. The van der Waals surface area contributed by atoms with E-state index in [1.54, 1.807) is 37.3 Å². The number of primary amides is 1. The molecule has 3 rings (SSSR count). The highest BCUT2D eigenvalue weighted by atomic mass is 19.4. The summed E-state index contributed by atoms with van der Waals surface area (Å²) < 4.78 is 43.0. The molecule has 31 heavy (non-hydrogen) atoms. The molecular formula is C22H19F3N2O4. The molecule has 3 aromatic rings. The first-order valence-electron chi connectivity index (χ1n) is 9.24. The standard InChI is InChI=1S/C22H19F3N2O4/c1-13-12-15(21(26)30)4-9-18(13)27-16(6-11-20(28)29)5-10-19(27)14-2-7-17(8-3-14)31-22(23,24)25/h2-5,7-10,12H,6,11H2,1H3,(H2,26,30)(H,28,29). The van der Waals surface area contributed by atoms with Gasteiger partial charge in [-0.25, -0.2) is 0 Å². The van der Waals surface area contributed by atoms with Gasteiger partial charge in [0.05, 0.1) is 12.1 Å². The van der Waals surface area contributed by atoms with Crippen LogP contribution >= 0.6 is 0 Å². The maximum absolute atomic E-state index is 12.4. The summed E-state index contributed by atoms with van der Waals surface area (Å²) in [6.45, 7) is 1.78. The lowest BCUT2D eigenvalue weighted by Gasteiger charge is -2.17. The van der Waals surface area contributed by atoms with Gasteiger partial charge in [-0.3, -0.25) is 9.59 Å². The number of hydrogen-bond acceptors (Lipinski definition) is 3. The van der Waals surface area contributed by atoms with Crippen molar-refractivity contribution in [2.75, 3.05) is 0 Å². The number of amides is 1. The van der Waals surface area contributed by atoms with Crippen LogP contribution in [0.1, 0.15) is 28.0 Å². The van der Waals surface area contributed by atoms with Crippen LogP contribution in [0.15, 0.2) is 54.6 Å². The highest BCUT2D eigenvalue weighted by molar-refractivity contribution is 5.93. The van der Waals surface area contributed by atoms with E-state index in [0.29, 0.717) is 28.2 Å². The normalized spacial score (nSPS) is 11.4. The summed E-state index contributed by atoms with van der Waals surface area (Å²) in [5.41, 5.74) is 9.04. The summed E-state index contributed by atoms with van der Waals surface area (Å²) in [4.78, 5) is 22.5. The molecular weight excluding hydrogens is 413 g/mol. The van der Waals surface area contributed by atoms with Gasteiger partial charge in [0.1, 0.15) is 5.75 Å². The summed E-state index contributed by atoms with van der Waals surface area (Å²) in [5.74, 6) is -1.88. The van der Waals surface area contributed by atoms with Gasteiger partial charge in [-0.1, -0.05) is 0 Å². The Morgan fingerprint density at radius 3 is 2.29 bits per heavy atom. The van der Waals surface area contributed by atoms with Crippen LogP contribution in [0, 0.1) is 6.92 Å².